The van der Waals surface area contributed by atoms with E-state index in [1.807, 2.05) is 6.92 Å². The largest absolute Gasteiger partial charge is 0.462 e. The number of carbonyl (C=O) groups is 1. The van der Waals surface area contributed by atoms with E-state index in [2.05, 4.69) is 5.10 Å². The molecule has 0 radical (unpaired) electrons. The van der Waals surface area contributed by atoms with E-state index < -0.39 is 15.8 Å². The number of nitrogens with zero attached hydrogens (tertiary/aromatic N) is 3. The minimum atomic E-state index is -0.712. The quantitative estimate of drug-likeness (QED) is 0.225. The number of nitro groups is 2. The molecular weight excluding hydrogens is 368 g/mol. The molecule has 0 heterocycles. The average Bonchev–Trinajstić information content (AvgIpc) is 2.99. The van der Waals surface area contributed by atoms with Crippen molar-refractivity contribution < 1.29 is 19.4 Å². The van der Waals surface area contributed by atoms with Gasteiger partial charge < -0.3 is 10.6 Å². The van der Waals surface area contributed by atoms with E-state index in [-0.39, 0.29) is 34.8 Å². The van der Waals surface area contributed by atoms with Crippen molar-refractivity contribution in [2.24, 2.45) is 10.9 Å². The standard InChI is InChI=1S/C18H16N4O6/c1-2-3-6-28-18(23)15-9-11(22(26)27)8-14-16(15)12-5-4-10(21(24)25)7-13(12)17(14)20-19/h4-5,7-9H,2-3,6,19H2,1H3/b20-17+. The highest BCUT2D eigenvalue weighted by Gasteiger charge is 2.34. The monoisotopic (exact) mass is 384 g/mol. The zero-order valence-electron chi connectivity index (χ0n) is 14.9. The summed E-state index contributed by atoms with van der Waals surface area (Å²) < 4.78 is 5.23. The maximum Gasteiger partial charge on any atom is 0.339 e. The van der Waals surface area contributed by atoms with Gasteiger partial charge in [-0.2, -0.15) is 5.10 Å². The van der Waals surface area contributed by atoms with Crippen LogP contribution in [-0.2, 0) is 4.74 Å². The zero-order valence-corrected chi connectivity index (χ0v) is 14.9. The first-order chi connectivity index (χ1) is 13.4. The van der Waals surface area contributed by atoms with Crippen LogP contribution in [0.4, 0.5) is 11.4 Å². The van der Waals surface area contributed by atoms with Gasteiger partial charge in [0, 0.05) is 41.0 Å². The maximum atomic E-state index is 12.6. The number of hydrogen-bond acceptors (Lipinski definition) is 8. The molecule has 0 aromatic heterocycles. The number of unbranched alkanes of at least 4 members (excludes halogenated alkanes) is 1. The maximum absolute atomic E-state index is 12.6. The van der Waals surface area contributed by atoms with E-state index in [9.17, 15) is 25.0 Å². The Kier molecular flexibility index (Phi) is 5.03. The lowest BCUT2D eigenvalue weighted by Gasteiger charge is -2.09. The molecule has 0 saturated carbocycles. The van der Waals surface area contributed by atoms with E-state index in [4.69, 9.17) is 10.6 Å². The van der Waals surface area contributed by atoms with Crippen LogP contribution >= 0.6 is 0 Å². The molecule has 0 saturated heterocycles. The van der Waals surface area contributed by atoms with Crippen LogP contribution < -0.4 is 5.84 Å². The van der Waals surface area contributed by atoms with E-state index in [0.717, 1.165) is 12.5 Å². The molecule has 1 aliphatic rings. The van der Waals surface area contributed by atoms with E-state index in [1.54, 1.807) is 0 Å². The van der Waals surface area contributed by atoms with E-state index in [0.29, 0.717) is 23.1 Å². The van der Waals surface area contributed by atoms with Crippen molar-refractivity contribution in [3.8, 4) is 11.1 Å². The molecule has 144 valence electrons. The van der Waals surface area contributed by atoms with Crippen LogP contribution in [0.1, 0.15) is 41.3 Å². The summed E-state index contributed by atoms with van der Waals surface area (Å²) >= 11 is 0. The second kappa shape index (κ2) is 7.43. The second-order valence-electron chi connectivity index (χ2n) is 6.13. The first kappa shape index (κ1) is 19.0. The molecule has 0 bridgehead atoms. The predicted octanol–water partition coefficient (Wildman–Crippen LogP) is 3.15. The van der Waals surface area contributed by atoms with Crippen molar-refractivity contribution in [2.75, 3.05) is 6.61 Å². The highest BCUT2D eigenvalue weighted by Crippen LogP contribution is 2.42. The Labute approximate surface area is 158 Å². The van der Waals surface area contributed by atoms with Gasteiger partial charge in [-0.15, -0.1) is 0 Å². The van der Waals surface area contributed by atoms with Crippen molar-refractivity contribution in [1.29, 1.82) is 0 Å². The molecule has 0 unspecified atom stereocenters. The fraction of sp³-hybridized carbons (Fsp3) is 0.222. The van der Waals surface area contributed by atoms with Gasteiger partial charge in [-0.1, -0.05) is 13.3 Å². The summed E-state index contributed by atoms with van der Waals surface area (Å²) in [5.41, 5.74) is 1.04. The third kappa shape index (κ3) is 3.15. The number of benzene rings is 2. The fourth-order valence-electron chi connectivity index (χ4n) is 3.10. The second-order valence-corrected chi connectivity index (χ2v) is 6.13. The molecule has 0 amide bonds. The first-order valence-electron chi connectivity index (χ1n) is 8.46. The molecule has 2 aromatic carbocycles. The Bertz CT molecular complexity index is 1030. The van der Waals surface area contributed by atoms with Crippen molar-refractivity contribution in [3.05, 3.63) is 67.3 Å². The SMILES string of the molecule is CCCCOC(=O)c1cc([N+](=O)[O-])cc2c1-c1ccc([N+](=O)[O-])cc1/C2=N\N. The summed E-state index contributed by atoms with van der Waals surface area (Å²) in [7, 11) is 0. The Balaban J connectivity index is 2.23. The molecule has 10 nitrogen and oxygen atoms in total. The number of rotatable bonds is 6. The summed E-state index contributed by atoms with van der Waals surface area (Å²) in [5, 5.41) is 26.1. The number of ether oxygens (including phenoxy) is 1. The number of carbonyl (C=O) groups excluding carboxylic acids is 1. The van der Waals surface area contributed by atoms with Crippen LogP contribution in [0, 0.1) is 20.2 Å². The first-order valence-corrected chi connectivity index (χ1v) is 8.46. The summed E-state index contributed by atoms with van der Waals surface area (Å²) in [6.07, 6.45) is 1.47. The number of non-ortho nitro benzene ring substituents is 2. The molecule has 2 aromatic rings. The third-order valence-corrected chi connectivity index (χ3v) is 4.41. The molecule has 0 spiro atoms. The lowest BCUT2D eigenvalue weighted by atomic mass is 9.98. The Morgan fingerprint density at radius 2 is 1.75 bits per heavy atom. The molecule has 0 atom stereocenters. The van der Waals surface area contributed by atoms with Crippen molar-refractivity contribution >= 4 is 23.1 Å². The topological polar surface area (TPSA) is 151 Å². The van der Waals surface area contributed by atoms with Gasteiger partial charge in [0.05, 0.1) is 27.7 Å². The Morgan fingerprint density at radius 3 is 2.36 bits per heavy atom. The number of nitrogens with two attached hydrogens (primary N) is 1. The third-order valence-electron chi connectivity index (χ3n) is 4.41. The minimum Gasteiger partial charge on any atom is -0.462 e. The van der Waals surface area contributed by atoms with Gasteiger partial charge in [0.2, 0.25) is 0 Å². The Hall–Kier alpha value is -3.82. The predicted molar refractivity (Wildman–Crippen MR) is 100 cm³/mol. The zero-order chi connectivity index (χ0) is 20.4. The minimum absolute atomic E-state index is 0.00550. The van der Waals surface area contributed by atoms with Crippen LogP contribution in [-0.4, -0.2) is 28.1 Å². The van der Waals surface area contributed by atoms with Gasteiger partial charge >= 0.3 is 5.97 Å². The molecule has 0 fully saturated rings. The van der Waals surface area contributed by atoms with Crippen LogP contribution in [0.25, 0.3) is 11.1 Å². The van der Waals surface area contributed by atoms with Crippen molar-refractivity contribution in [2.45, 2.75) is 19.8 Å². The normalized spacial score (nSPS) is 13.1. The molecular formula is C18H16N4O6. The van der Waals surface area contributed by atoms with Gasteiger partial charge in [-0.05, 0) is 18.1 Å². The highest BCUT2D eigenvalue weighted by atomic mass is 16.6. The number of esters is 1. The summed E-state index contributed by atoms with van der Waals surface area (Å²) in [6, 6.07) is 6.42. The van der Waals surface area contributed by atoms with Crippen LogP contribution in [0.5, 0.6) is 0 Å². The summed E-state index contributed by atoms with van der Waals surface area (Å²) in [4.78, 5) is 33.8. The lowest BCUT2D eigenvalue weighted by Crippen LogP contribution is -2.10. The molecule has 10 heteroatoms. The van der Waals surface area contributed by atoms with Gasteiger partial charge in [0.15, 0.2) is 0 Å². The van der Waals surface area contributed by atoms with Crippen LogP contribution in [0.15, 0.2) is 35.4 Å². The molecule has 2 N–H and O–H groups in total. The highest BCUT2D eigenvalue weighted by molar-refractivity contribution is 6.27. The van der Waals surface area contributed by atoms with E-state index in [1.165, 1.54) is 24.3 Å². The number of hydrazone groups is 1. The fourth-order valence-corrected chi connectivity index (χ4v) is 3.10. The number of nitro benzene ring substituents is 2. The average molecular weight is 384 g/mol. The Morgan fingerprint density at radius 1 is 1.07 bits per heavy atom. The van der Waals surface area contributed by atoms with E-state index >= 15 is 0 Å². The summed E-state index contributed by atoms with van der Waals surface area (Å²) in [5.74, 6) is 4.76. The van der Waals surface area contributed by atoms with Gasteiger partial charge in [-0.3, -0.25) is 20.2 Å². The van der Waals surface area contributed by atoms with Gasteiger partial charge in [0.25, 0.3) is 11.4 Å². The van der Waals surface area contributed by atoms with Crippen LogP contribution in [0.2, 0.25) is 0 Å². The summed E-state index contributed by atoms with van der Waals surface area (Å²) in [6.45, 7) is 2.11. The van der Waals surface area contributed by atoms with Crippen molar-refractivity contribution in [1.82, 2.24) is 0 Å². The van der Waals surface area contributed by atoms with Crippen LogP contribution in [0.3, 0.4) is 0 Å². The molecule has 28 heavy (non-hydrogen) atoms. The molecule has 3 rings (SSSR count). The number of fused-ring (bicyclic) bond motifs is 3. The molecule has 1 aliphatic carbocycles. The molecule has 0 aliphatic heterocycles. The van der Waals surface area contributed by atoms with Crippen molar-refractivity contribution in [3.63, 3.8) is 0 Å². The van der Waals surface area contributed by atoms with Gasteiger partial charge in [-0.25, -0.2) is 4.79 Å². The smallest absolute Gasteiger partial charge is 0.339 e. The lowest BCUT2D eigenvalue weighted by molar-refractivity contribution is -0.385. The number of hydrogen-bond donors (Lipinski definition) is 1. The van der Waals surface area contributed by atoms with Gasteiger partial charge in [0.1, 0.15) is 0 Å².